The first kappa shape index (κ1) is 13.6. The number of nitrogens with zero attached hydrogens (tertiary/aromatic N) is 2. The first-order chi connectivity index (χ1) is 9.02. The van der Waals surface area contributed by atoms with Crippen molar-refractivity contribution in [1.29, 1.82) is 0 Å². The molecule has 1 heterocycles. The standard InChI is InChI=1S/C15H17FN2O/c1-4-14-13(7-10(3)17-18-14)15(19)12-8-11(16)6-5-9(12)2/h5-8,15,19H,4H2,1-3H3. The Balaban J connectivity index is 2.51. The molecule has 3 nitrogen and oxygen atoms in total. The van der Waals surface area contributed by atoms with Crippen LogP contribution in [-0.4, -0.2) is 15.3 Å². The van der Waals surface area contributed by atoms with Crippen LogP contribution in [0.1, 0.15) is 41.1 Å². The summed E-state index contributed by atoms with van der Waals surface area (Å²) in [7, 11) is 0. The van der Waals surface area contributed by atoms with Gasteiger partial charge in [0.05, 0.1) is 11.4 Å². The van der Waals surface area contributed by atoms with E-state index in [1.165, 1.54) is 12.1 Å². The van der Waals surface area contributed by atoms with Gasteiger partial charge in [0, 0.05) is 5.56 Å². The molecule has 2 aromatic rings. The highest BCUT2D eigenvalue weighted by atomic mass is 19.1. The van der Waals surface area contributed by atoms with Crippen LogP contribution in [0, 0.1) is 19.7 Å². The molecule has 0 spiro atoms. The van der Waals surface area contributed by atoms with Crippen molar-refractivity contribution in [1.82, 2.24) is 10.2 Å². The minimum absolute atomic E-state index is 0.351. The minimum Gasteiger partial charge on any atom is -0.384 e. The number of hydrogen-bond donors (Lipinski definition) is 1. The monoisotopic (exact) mass is 260 g/mol. The van der Waals surface area contributed by atoms with Crippen LogP contribution in [0.2, 0.25) is 0 Å². The predicted octanol–water partition coefficient (Wildman–Crippen LogP) is 2.88. The van der Waals surface area contributed by atoms with Crippen LogP contribution in [0.15, 0.2) is 24.3 Å². The fraction of sp³-hybridized carbons (Fsp3) is 0.333. The SMILES string of the molecule is CCc1nnc(C)cc1C(O)c1cc(F)ccc1C. The molecular formula is C15H17FN2O. The van der Waals surface area contributed by atoms with E-state index in [2.05, 4.69) is 10.2 Å². The Kier molecular flexibility index (Phi) is 3.90. The van der Waals surface area contributed by atoms with Crippen LogP contribution in [0.4, 0.5) is 4.39 Å². The maximum absolute atomic E-state index is 13.3. The van der Waals surface area contributed by atoms with Gasteiger partial charge >= 0.3 is 0 Å². The van der Waals surface area contributed by atoms with Crippen molar-refractivity contribution in [2.75, 3.05) is 0 Å². The van der Waals surface area contributed by atoms with Crippen molar-refractivity contribution < 1.29 is 9.50 Å². The molecule has 0 radical (unpaired) electrons. The minimum atomic E-state index is -0.875. The summed E-state index contributed by atoms with van der Waals surface area (Å²) in [6, 6.07) is 6.24. The Morgan fingerprint density at radius 3 is 2.58 bits per heavy atom. The number of aliphatic hydroxyl groups is 1. The van der Waals surface area contributed by atoms with Gasteiger partial charge in [-0.1, -0.05) is 13.0 Å². The molecule has 0 amide bonds. The molecule has 2 rings (SSSR count). The second-order valence-electron chi connectivity index (χ2n) is 4.64. The first-order valence-corrected chi connectivity index (χ1v) is 6.30. The van der Waals surface area contributed by atoms with Crippen LogP contribution in [0.25, 0.3) is 0 Å². The number of benzene rings is 1. The molecule has 0 aliphatic rings. The fourth-order valence-corrected chi connectivity index (χ4v) is 2.12. The van der Waals surface area contributed by atoms with Crippen LogP contribution < -0.4 is 0 Å². The predicted molar refractivity (Wildman–Crippen MR) is 71.3 cm³/mol. The number of aliphatic hydroxyl groups excluding tert-OH is 1. The van der Waals surface area contributed by atoms with Crippen molar-refractivity contribution in [3.8, 4) is 0 Å². The molecular weight excluding hydrogens is 243 g/mol. The lowest BCUT2D eigenvalue weighted by atomic mass is 9.95. The number of aromatic nitrogens is 2. The summed E-state index contributed by atoms with van der Waals surface area (Å²) in [5, 5.41) is 18.6. The summed E-state index contributed by atoms with van der Waals surface area (Å²) in [5.74, 6) is -0.351. The van der Waals surface area contributed by atoms with Gasteiger partial charge in [-0.2, -0.15) is 10.2 Å². The van der Waals surface area contributed by atoms with Crippen molar-refractivity contribution in [2.24, 2.45) is 0 Å². The highest BCUT2D eigenvalue weighted by molar-refractivity contribution is 5.37. The van der Waals surface area contributed by atoms with Crippen LogP contribution >= 0.6 is 0 Å². The van der Waals surface area contributed by atoms with E-state index < -0.39 is 6.10 Å². The van der Waals surface area contributed by atoms with Gasteiger partial charge in [0.15, 0.2) is 0 Å². The van der Waals surface area contributed by atoms with Gasteiger partial charge in [-0.3, -0.25) is 0 Å². The lowest BCUT2D eigenvalue weighted by Gasteiger charge is -2.16. The largest absolute Gasteiger partial charge is 0.384 e. The van der Waals surface area contributed by atoms with Crippen molar-refractivity contribution >= 4 is 0 Å². The van der Waals surface area contributed by atoms with Gasteiger partial charge in [0.25, 0.3) is 0 Å². The quantitative estimate of drug-likeness (QED) is 0.923. The molecule has 0 aliphatic heterocycles. The second kappa shape index (κ2) is 5.45. The molecule has 0 fully saturated rings. The molecule has 0 aliphatic carbocycles. The van der Waals surface area contributed by atoms with Gasteiger partial charge in [0.1, 0.15) is 11.9 Å². The summed E-state index contributed by atoms with van der Waals surface area (Å²) in [4.78, 5) is 0. The van der Waals surface area contributed by atoms with E-state index in [9.17, 15) is 9.50 Å². The average molecular weight is 260 g/mol. The van der Waals surface area contributed by atoms with Crippen molar-refractivity contribution in [2.45, 2.75) is 33.3 Å². The van der Waals surface area contributed by atoms with E-state index >= 15 is 0 Å². The third kappa shape index (κ3) is 2.79. The Bertz CT molecular complexity index is 599. The topological polar surface area (TPSA) is 46.0 Å². The van der Waals surface area contributed by atoms with E-state index in [-0.39, 0.29) is 5.82 Å². The zero-order chi connectivity index (χ0) is 14.0. The molecule has 1 aromatic heterocycles. The molecule has 0 saturated carbocycles. The molecule has 4 heteroatoms. The molecule has 0 saturated heterocycles. The maximum atomic E-state index is 13.3. The molecule has 1 unspecified atom stereocenters. The summed E-state index contributed by atoms with van der Waals surface area (Å²) < 4.78 is 13.3. The lowest BCUT2D eigenvalue weighted by Crippen LogP contribution is -2.09. The zero-order valence-corrected chi connectivity index (χ0v) is 11.3. The van der Waals surface area contributed by atoms with E-state index in [1.54, 1.807) is 12.1 Å². The van der Waals surface area contributed by atoms with Gasteiger partial charge in [-0.25, -0.2) is 4.39 Å². The summed E-state index contributed by atoms with van der Waals surface area (Å²) in [6.07, 6.45) is -0.200. The number of halogens is 1. The fourth-order valence-electron chi connectivity index (χ4n) is 2.12. The lowest BCUT2D eigenvalue weighted by molar-refractivity contribution is 0.217. The van der Waals surface area contributed by atoms with Crippen molar-refractivity contribution in [3.63, 3.8) is 0 Å². The Morgan fingerprint density at radius 1 is 1.16 bits per heavy atom. The van der Waals surface area contributed by atoms with Crippen LogP contribution in [0.5, 0.6) is 0 Å². The van der Waals surface area contributed by atoms with E-state index in [0.717, 1.165) is 17.0 Å². The second-order valence-corrected chi connectivity index (χ2v) is 4.64. The molecule has 1 N–H and O–H groups in total. The molecule has 1 atom stereocenters. The number of hydrogen-bond acceptors (Lipinski definition) is 3. The van der Waals surface area contributed by atoms with Gasteiger partial charge in [-0.15, -0.1) is 0 Å². The Morgan fingerprint density at radius 2 is 1.89 bits per heavy atom. The number of rotatable bonds is 3. The van der Waals surface area contributed by atoms with E-state index in [0.29, 0.717) is 17.5 Å². The first-order valence-electron chi connectivity index (χ1n) is 6.30. The highest BCUT2D eigenvalue weighted by Crippen LogP contribution is 2.27. The number of aryl methyl sites for hydroxylation is 3. The summed E-state index contributed by atoms with van der Waals surface area (Å²) in [6.45, 7) is 5.63. The molecule has 1 aromatic carbocycles. The zero-order valence-electron chi connectivity index (χ0n) is 11.3. The van der Waals surface area contributed by atoms with Crippen LogP contribution in [0.3, 0.4) is 0 Å². The van der Waals surface area contributed by atoms with E-state index in [4.69, 9.17) is 0 Å². The third-order valence-corrected chi connectivity index (χ3v) is 3.19. The Labute approximate surface area is 112 Å². The summed E-state index contributed by atoms with van der Waals surface area (Å²) >= 11 is 0. The molecule has 19 heavy (non-hydrogen) atoms. The Hall–Kier alpha value is -1.81. The molecule has 100 valence electrons. The average Bonchev–Trinajstić information content (AvgIpc) is 2.40. The maximum Gasteiger partial charge on any atom is 0.123 e. The van der Waals surface area contributed by atoms with Gasteiger partial charge in [0.2, 0.25) is 0 Å². The summed E-state index contributed by atoms with van der Waals surface area (Å²) in [5.41, 5.74) is 3.60. The normalized spacial score (nSPS) is 12.5. The molecule has 0 bridgehead atoms. The highest BCUT2D eigenvalue weighted by Gasteiger charge is 2.18. The van der Waals surface area contributed by atoms with Crippen LogP contribution in [-0.2, 0) is 6.42 Å². The van der Waals surface area contributed by atoms with E-state index in [1.807, 2.05) is 20.8 Å². The third-order valence-electron chi connectivity index (χ3n) is 3.19. The van der Waals surface area contributed by atoms with Gasteiger partial charge in [-0.05, 0) is 49.6 Å². The van der Waals surface area contributed by atoms with Crippen molar-refractivity contribution in [3.05, 3.63) is 58.2 Å². The smallest absolute Gasteiger partial charge is 0.123 e. The van der Waals surface area contributed by atoms with Gasteiger partial charge < -0.3 is 5.11 Å².